The van der Waals surface area contributed by atoms with Crippen LogP contribution in [0.1, 0.15) is 13.3 Å². The van der Waals surface area contributed by atoms with E-state index in [4.69, 9.17) is 17.3 Å². The summed E-state index contributed by atoms with van der Waals surface area (Å²) in [7, 11) is 0. The number of rotatable bonds is 2. The van der Waals surface area contributed by atoms with Gasteiger partial charge in [0.25, 0.3) is 0 Å². The van der Waals surface area contributed by atoms with Crippen molar-refractivity contribution in [2.24, 2.45) is 5.73 Å². The molecule has 0 aliphatic rings. The van der Waals surface area contributed by atoms with Gasteiger partial charge in [0.15, 0.2) is 0 Å². The molecule has 0 heterocycles. The van der Waals surface area contributed by atoms with E-state index in [-0.39, 0.29) is 12.3 Å². The molecule has 0 spiro atoms. The summed E-state index contributed by atoms with van der Waals surface area (Å²) < 4.78 is 0. The minimum absolute atomic E-state index is 0.253. The van der Waals surface area contributed by atoms with E-state index in [9.17, 15) is 4.79 Å². The summed E-state index contributed by atoms with van der Waals surface area (Å²) in [5, 5.41) is 0. The number of carbonyl (C=O) groups excluding carboxylic acids is 1. The predicted octanol–water partition coefficient (Wildman–Crippen LogP) is 1.00. The van der Waals surface area contributed by atoms with E-state index in [0.717, 1.165) is 5.57 Å². The van der Waals surface area contributed by atoms with Crippen LogP contribution in [0, 0.1) is 0 Å². The molecular weight excluding hydrogens is 126 g/mol. The summed E-state index contributed by atoms with van der Waals surface area (Å²) in [5.41, 5.74) is 6.97. The van der Waals surface area contributed by atoms with Crippen molar-refractivity contribution in [2.45, 2.75) is 13.3 Å². The average molecular weight is 134 g/mol. The highest BCUT2D eigenvalue weighted by atomic mass is 35.5. The summed E-state index contributed by atoms with van der Waals surface area (Å²) in [6.07, 6.45) is 0.253. The molecule has 0 radical (unpaired) electrons. The van der Waals surface area contributed by atoms with Crippen molar-refractivity contribution >= 4 is 17.5 Å². The topological polar surface area (TPSA) is 43.1 Å². The van der Waals surface area contributed by atoms with E-state index < -0.39 is 0 Å². The summed E-state index contributed by atoms with van der Waals surface area (Å²) in [6, 6.07) is 0. The monoisotopic (exact) mass is 133 g/mol. The fourth-order valence-electron chi connectivity index (χ4n) is 0.313. The Labute approximate surface area is 53.3 Å². The fourth-order valence-corrected chi connectivity index (χ4v) is 0.391. The maximum absolute atomic E-state index is 10.1. The Kier molecular flexibility index (Phi) is 3.28. The van der Waals surface area contributed by atoms with Crippen molar-refractivity contribution in [2.75, 3.05) is 0 Å². The van der Waals surface area contributed by atoms with Gasteiger partial charge in [-0.15, -0.1) is 0 Å². The molecule has 3 heteroatoms. The molecule has 0 aliphatic heterocycles. The van der Waals surface area contributed by atoms with Gasteiger partial charge >= 0.3 is 0 Å². The van der Waals surface area contributed by atoms with Crippen molar-refractivity contribution < 1.29 is 4.79 Å². The van der Waals surface area contributed by atoms with Crippen molar-refractivity contribution in [3.05, 3.63) is 11.1 Å². The third kappa shape index (κ3) is 3.68. The minimum Gasteiger partial charge on any atom is -0.369 e. The molecule has 0 saturated heterocycles. The van der Waals surface area contributed by atoms with E-state index in [2.05, 4.69) is 0 Å². The number of carbonyl (C=O) groups is 1. The maximum Gasteiger partial charge on any atom is 0.221 e. The molecule has 0 bridgehead atoms. The van der Waals surface area contributed by atoms with E-state index >= 15 is 0 Å². The first-order valence-electron chi connectivity index (χ1n) is 2.21. The molecule has 0 saturated carbocycles. The fraction of sp³-hybridized carbons (Fsp3) is 0.400. The number of hydrogen-bond donors (Lipinski definition) is 1. The standard InChI is InChI=1S/C5H8ClNO/c1-4(3-6)2-5(7)8/h3H,2H2,1H3,(H2,7,8)/b4-3-. The molecular formula is C5H8ClNO. The van der Waals surface area contributed by atoms with Crippen molar-refractivity contribution in [3.8, 4) is 0 Å². The number of nitrogens with two attached hydrogens (primary N) is 1. The van der Waals surface area contributed by atoms with Gasteiger partial charge in [-0.25, -0.2) is 0 Å². The Morgan fingerprint density at radius 1 is 1.88 bits per heavy atom. The summed E-state index contributed by atoms with van der Waals surface area (Å²) in [5.74, 6) is -0.348. The lowest BCUT2D eigenvalue weighted by molar-refractivity contribution is -0.117. The van der Waals surface area contributed by atoms with Crippen molar-refractivity contribution in [3.63, 3.8) is 0 Å². The molecule has 46 valence electrons. The van der Waals surface area contributed by atoms with Gasteiger partial charge in [-0.2, -0.15) is 0 Å². The first-order valence-corrected chi connectivity index (χ1v) is 2.64. The molecule has 0 unspecified atom stereocenters. The molecule has 0 aliphatic carbocycles. The van der Waals surface area contributed by atoms with Gasteiger partial charge in [0.05, 0.1) is 0 Å². The largest absolute Gasteiger partial charge is 0.369 e. The van der Waals surface area contributed by atoms with Crippen LogP contribution < -0.4 is 5.73 Å². The van der Waals surface area contributed by atoms with Crippen LogP contribution in [0.4, 0.5) is 0 Å². The summed E-state index contributed by atoms with van der Waals surface area (Å²) in [6.45, 7) is 1.75. The van der Waals surface area contributed by atoms with Crippen LogP contribution in [-0.4, -0.2) is 5.91 Å². The van der Waals surface area contributed by atoms with Crippen LogP contribution in [0.5, 0.6) is 0 Å². The number of hydrogen-bond acceptors (Lipinski definition) is 1. The van der Waals surface area contributed by atoms with Gasteiger partial charge in [-0.1, -0.05) is 17.2 Å². The van der Waals surface area contributed by atoms with Crippen LogP contribution in [0.3, 0.4) is 0 Å². The molecule has 0 atom stereocenters. The predicted molar refractivity (Wildman–Crippen MR) is 33.4 cm³/mol. The van der Waals surface area contributed by atoms with E-state index in [0.29, 0.717) is 0 Å². The highest BCUT2D eigenvalue weighted by Gasteiger charge is 1.92. The van der Waals surface area contributed by atoms with Gasteiger partial charge in [-0.05, 0) is 6.92 Å². The first-order chi connectivity index (χ1) is 3.66. The molecule has 1 amide bonds. The van der Waals surface area contributed by atoms with Crippen LogP contribution in [0.2, 0.25) is 0 Å². The second-order valence-electron chi connectivity index (χ2n) is 1.60. The summed E-state index contributed by atoms with van der Waals surface area (Å²) in [4.78, 5) is 10.1. The number of primary amides is 1. The second kappa shape index (κ2) is 3.50. The van der Waals surface area contributed by atoms with E-state index in [1.165, 1.54) is 5.54 Å². The third-order valence-electron chi connectivity index (χ3n) is 0.639. The zero-order valence-electron chi connectivity index (χ0n) is 4.65. The summed E-state index contributed by atoms with van der Waals surface area (Å²) >= 11 is 5.23. The van der Waals surface area contributed by atoms with Gasteiger partial charge in [0, 0.05) is 12.0 Å². The zero-order valence-corrected chi connectivity index (χ0v) is 5.40. The minimum atomic E-state index is -0.348. The lowest BCUT2D eigenvalue weighted by Crippen LogP contribution is -2.09. The Morgan fingerprint density at radius 3 is 2.50 bits per heavy atom. The van der Waals surface area contributed by atoms with E-state index in [1.54, 1.807) is 6.92 Å². The van der Waals surface area contributed by atoms with E-state index in [1.807, 2.05) is 0 Å². The zero-order chi connectivity index (χ0) is 6.57. The number of amides is 1. The van der Waals surface area contributed by atoms with Crippen LogP contribution in [0.25, 0.3) is 0 Å². The third-order valence-corrected chi connectivity index (χ3v) is 1.01. The first kappa shape index (κ1) is 7.50. The molecule has 2 N–H and O–H groups in total. The van der Waals surface area contributed by atoms with Gasteiger partial charge in [0.1, 0.15) is 0 Å². The SMILES string of the molecule is C/C(=C/Cl)CC(N)=O. The lowest BCUT2D eigenvalue weighted by Gasteiger charge is -1.89. The van der Waals surface area contributed by atoms with Crippen LogP contribution in [-0.2, 0) is 4.79 Å². The molecule has 0 aromatic carbocycles. The van der Waals surface area contributed by atoms with Gasteiger partial charge < -0.3 is 5.73 Å². The highest BCUT2D eigenvalue weighted by Crippen LogP contribution is 1.98. The lowest BCUT2D eigenvalue weighted by atomic mass is 10.2. The smallest absolute Gasteiger partial charge is 0.221 e. The van der Waals surface area contributed by atoms with Crippen molar-refractivity contribution in [1.82, 2.24) is 0 Å². The molecule has 0 aromatic heterocycles. The average Bonchev–Trinajstić information content (AvgIpc) is 1.65. The Morgan fingerprint density at radius 2 is 2.38 bits per heavy atom. The molecule has 2 nitrogen and oxygen atoms in total. The van der Waals surface area contributed by atoms with Crippen LogP contribution >= 0.6 is 11.6 Å². The molecule has 8 heavy (non-hydrogen) atoms. The quantitative estimate of drug-likeness (QED) is 0.600. The normalized spacial score (nSPS) is 11.5. The molecule has 0 rings (SSSR count). The second-order valence-corrected chi connectivity index (χ2v) is 1.82. The Balaban J connectivity index is 3.56. The van der Waals surface area contributed by atoms with Crippen LogP contribution in [0.15, 0.2) is 11.1 Å². The number of halogens is 1. The maximum atomic E-state index is 10.1. The Hall–Kier alpha value is -0.500. The molecule has 0 fully saturated rings. The Bertz CT molecular complexity index is 120. The van der Waals surface area contributed by atoms with Gasteiger partial charge in [-0.3, -0.25) is 4.79 Å². The molecule has 0 aromatic rings. The van der Waals surface area contributed by atoms with Crippen molar-refractivity contribution in [1.29, 1.82) is 0 Å². The highest BCUT2D eigenvalue weighted by molar-refractivity contribution is 6.25. The van der Waals surface area contributed by atoms with Gasteiger partial charge in [0.2, 0.25) is 5.91 Å².